The summed E-state index contributed by atoms with van der Waals surface area (Å²) < 4.78 is 10.2. The van der Waals surface area contributed by atoms with Crippen LogP contribution in [0.3, 0.4) is 0 Å². The van der Waals surface area contributed by atoms with Crippen molar-refractivity contribution in [1.82, 2.24) is 15.1 Å². The number of amides is 3. The number of methoxy groups -OCH3 is 1. The number of piperazine rings is 1. The van der Waals surface area contributed by atoms with Crippen molar-refractivity contribution in [1.29, 1.82) is 0 Å². The van der Waals surface area contributed by atoms with E-state index in [4.69, 9.17) is 9.47 Å². The van der Waals surface area contributed by atoms with E-state index in [9.17, 15) is 9.59 Å². The van der Waals surface area contributed by atoms with Crippen molar-refractivity contribution < 1.29 is 19.1 Å². The van der Waals surface area contributed by atoms with E-state index in [0.717, 1.165) is 0 Å². The third kappa shape index (κ3) is 5.64. The second kappa shape index (κ2) is 7.33. The number of rotatable bonds is 3. The molecule has 7 heteroatoms. The summed E-state index contributed by atoms with van der Waals surface area (Å²) in [5, 5.41) is 2.76. The van der Waals surface area contributed by atoms with Gasteiger partial charge >= 0.3 is 12.1 Å². The molecular weight excluding hydrogens is 262 g/mol. The first kappa shape index (κ1) is 16.6. The zero-order chi connectivity index (χ0) is 15.2. The fraction of sp³-hybridized carbons (Fsp3) is 0.846. The molecule has 0 radical (unpaired) electrons. The van der Waals surface area contributed by atoms with E-state index in [2.05, 4.69) is 5.32 Å². The van der Waals surface area contributed by atoms with Crippen LogP contribution in [0.4, 0.5) is 9.59 Å². The Morgan fingerprint density at radius 2 is 1.65 bits per heavy atom. The molecule has 116 valence electrons. The SMILES string of the molecule is COCCNC(=O)N1CCN(C(=O)OC(C)(C)C)CC1. The van der Waals surface area contributed by atoms with Gasteiger partial charge in [0.2, 0.25) is 0 Å². The van der Waals surface area contributed by atoms with Crippen molar-refractivity contribution in [2.24, 2.45) is 0 Å². The Morgan fingerprint density at radius 1 is 1.10 bits per heavy atom. The summed E-state index contributed by atoms with van der Waals surface area (Å²) in [5.41, 5.74) is -0.494. The minimum Gasteiger partial charge on any atom is -0.444 e. The maximum atomic E-state index is 11.9. The average Bonchev–Trinajstić information content (AvgIpc) is 2.37. The van der Waals surface area contributed by atoms with E-state index < -0.39 is 5.60 Å². The van der Waals surface area contributed by atoms with Crippen LogP contribution in [0.15, 0.2) is 0 Å². The van der Waals surface area contributed by atoms with Gasteiger partial charge in [0.25, 0.3) is 0 Å². The molecule has 3 amide bonds. The largest absolute Gasteiger partial charge is 0.444 e. The fourth-order valence-electron chi connectivity index (χ4n) is 1.79. The van der Waals surface area contributed by atoms with Gasteiger partial charge in [-0.05, 0) is 20.8 Å². The van der Waals surface area contributed by atoms with Crippen molar-refractivity contribution in [2.45, 2.75) is 26.4 Å². The van der Waals surface area contributed by atoms with Crippen LogP contribution < -0.4 is 5.32 Å². The van der Waals surface area contributed by atoms with Crippen LogP contribution in [0.25, 0.3) is 0 Å². The van der Waals surface area contributed by atoms with Crippen molar-refractivity contribution in [3.05, 3.63) is 0 Å². The first-order chi connectivity index (χ1) is 9.33. The van der Waals surface area contributed by atoms with E-state index in [0.29, 0.717) is 39.3 Å². The zero-order valence-electron chi connectivity index (χ0n) is 12.8. The number of carbonyl (C=O) groups is 2. The summed E-state index contributed by atoms with van der Waals surface area (Å²) in [6.07, 6.45) is -0.322. The molecule has 0 aromatic heterocycles. The lowest BCUT2D eigenvalue weighted by molar-refractivity contribution is 0.0169. The summed E-state index contributed by atoms with van der Waals surface area (Å²) in [7, 11) is 1.59. The third-order valence-corrected chi connectivity index (χ3v) is 2.80. The van der Waals surface area contributed by atoms with Crippen LogP contribution in [0, 0.1) is 0 Å². The van der Waals surface area contributed by atoms with Gasteiger partial charge < -0.3 is 24.6 Å². The molecule has 20 heavy (non-hydrogen) atoms. The van der Waals surface area contributed by atoms with Gasteiger partial charge in [-0.2, -0.15) is 0 Å². The Balaban J connectivity index is 2.32. The molecule has 1 aliphatic heterocycles. The number of hydrogen-bond acceptors (Lipinski definition) is 4. The predicted molar refractivity (Wildman–Crippen MR) is 74.7 cm³/mol. The van der Waals surface area contributed by atoms with Crippen LogP contribution in [0.5, 0.6) is 0 Å². The minimum absolute atomic E-state index is 0.120. The molecule has 1 heterocycles. The second-order valence-electron chi connectivity index (χ2n) is 5.68. The van der Waals surface area contributed by atoms with E-state index in [1.54, 1.807) is 16.9 Å². The molecule has 0 spiro atoms. The third-order valence-electron chi connectivity index (χ3n) is 2.80. The second-order valence-corrected chi connectivity index (χ2v) is 5.68. The molecule has 0 aromatic carbocycles. The highest BCUT2D eigenvalue weighted by Gasteiger charge is 2.27. The lowest BCUT2D eigenvalue weighted by Gasteiger charge is -2.35. The molecule has 1 fully saturated rings. The first-order valence-corrected chi connectivity index (χ1v) is 6.83. The number of hydrogen-bond donors (Lipinski definition) is 1. The Hall–Kier alpha value is -1.50. The maximum Gasteiger partial charge on any atom is 0.410 e. The minimum atomic E-state index is -0.494. The number of ether oxygens (including phenoxy) is 2. The smallest absolute Gasteiger partial charge is 0.410 e. The summed E-state index contributed by atoms with van der Waals surface area (Å²) in [6, 6.07) is -0.120. The average molecular weight is 287 g/mol. The van der Waals surface area contributed by atoms with E-state index in [1.165, 1.54) is 0 Å². The first-order valence-electron chi connectivity index (χ1n) is 6.83. The summed E-state index contributed by atoms with van der Waals surface area (Å²) in [6.45, 7) is 8.50. The van der Waals surface area contributed by atoms with E-state index in [-0.39, 0.29) is 12.1 Å². The topological polar surface area (TPSA) is 71.1 Å². The van der Waals surface area contributed by atoms with Crippen LogP contribution in [-0.4, -0.2) is 74.0 Å². The predicted octanol–water partition coefficient (Wildman–Crippen LogP) is 0.895. The van der Waals surface area contributed by atoms with Crippen molar-refractivity contribution in [3.8, 4) is 0 Å². The van der Waals surface area contributed by atoms with Gasteiger partial charge in [0.1, 0.15) is 5.60 Å². The number of nitrogens with one attached hydrogen (secondary N) is 1. The molecule has 0 aliphatic carbocycles. The Morgan fingerprint density at radius 3 is 2.15 bits per heavy atom. The van der Waals surface area contributed by atoms with Gasteiger partial charge in [0, 0.05) is 39.8 Å². The van der Waals surface area contributed by atoms with E-state index in [1.807, 2.05) is 20.8 Å². The summed E-state index contributed by atoms with van der Waals surface area (Å²) in [4.78, 5) is 27.0. The summed E-state index contributed by atoms with van der Waals surface area (Å²) in [5.74, 6) is 0. The molecule has 1 aliphatic rings. The lowest BCUT2D eigenvalue weighted by Crippen LogP contribution is -2.54. The summed E-state index contributed by atoms with van der Waals surface area (Å²) >= 11 is 0. The molecule has 0 bridgehead atoms. The molecule has 0 saturated carbocycles. The number of nitrogens with zero attached hydrogens (tertiary/aromatic N) is 2. The van der Waals surface area contributed by atoms with Crippen LogP contribution in [-0.2, 0) is 9.47 Å². The zero-order valence-corrected chi connectivity index (χ0v) is 12.8. The van der Waals surface area contributed by atoms with Gasteiger partial charge in [0.05, 0.1) is 6.61 Å². The van der Waals surface area contributed by atoms with Crippen LogP contribution in [0.2, 0.25) is 0 Å². The fourth-order valence-corrected chi connectivity index (χ4v) is 1.79. The lowest BCUT2D eigenvalue weighted by atomic mass is 10.2. The van der Waals surface area contributed by atoms with Gasteiger partial charge in [-0.1, -0.05) is 0 Å². The quantitative estimate of drug-likeness (QED) is 0.783. The van der Waals surface area contributed by atoms with E-state index >= 15 is 0 Å². The molecular formula is C13H25N3O4. The van der Waals surface area contributed by atoms with Gasteiger partial charge in [-0.15, -0.1) is 0 Å². The van der Waals surface area contributed by atoms with Crippen LogP contribution >= 0.6 is 0 Å². The van der Waals surface area contributed by atoms with Gasteiger partial charge in [0.15, 0.2) is 0 Å². The van der Waals surface area contributed by atoms with Crippen molar-refractivity contribution >= 4 is 12.1 Å². The van der Waals surface area contributed by atoms with Gasteiger partial charge in [-0.25, -0.2) is 9.59 Å². The highest BCUT2D eigenvalue weighted by atomic mass is 16.6. The normalized spacial score (nSPS) is 16.0. The highest BCUT2D eigenvalue weighted by Crippen LogP contribution is 2.11. The van der Waals surface area contributed by atoms with Gasteiger partial charge in [-0.3, -0.25) is 0 Å². The molecule has 1 N–H and O–H groups in total. The molecule has 0 aromatic rings. The molecule has 7 nitrogen and oxygen atoms in total. The highest BCUT2D eigenvalue weighted by molar-refractivity contribution is 5.75. The molecule has 1 rings (SSSR count). The number of carbonyl (C=O) groups excluding carboxylic acids is 2. The number of urea groups is 1. The molecule has 0 unspecified atom stereocenters. The standard InChI is InChI=1S/C13H25N3O4/c1-13(2,3)20-12(18)16-8-6-15(7-9-16)11(17)14-5-10-19-4/h5-10H2,1-4H3,(H,14,17). The molecule has 0 atom stereocenters. The van der Waals surface area contributed by atoms with Crippen molar-refractivity contribution in [3.63, 3.8) is 0 Å². The Bertz CT molecular complexity index is 333. The van der Waals surface area contributed by atoms with Crippen LogP contribution in [0.1, 0.15) is 20.8 Å². The Labute approximate surface area is 120 Å². The maximum absolute atomic E-state index is 11.9. The Kier molecular flexibility index (Phi) is 6.06. The molecule has 1 saturated heterocycles. The monoisotopic (exact) mass is 287 g/mol. The van der Waals surface area contributed by atoms with Crippen molar-refractivity contribution in [2.75, 3.05) is 46.4 Å².